The SMILES string of the molecule is COC(C)(C)CC(C)NC(=O)CC(N)c1ccccc1. The Labute approximate surface area is 121 Å². The topological polar surface area (TPSA) is 64.3 Å². The molecule has 0 saturated heterocycles. The molecule has 0 radical (unpaired) electrons. The molecule has 1 aromatic rings. The third kappa shape index (κ3) is 5.72. The number of benzene rings is 1. The summed E-state index contributed by atoms with van der Waals surface area (Å²) in [4.78, 5) is 12.0. The molecule has 0 aliphatic carbocycles. The highest BCUT2D eigenvalue weighted by Crippen LogP contribution is 2.16. The predicted octanol–water partition coefficient (Wildman–Crippen LogP) is 2.40. The van der Waals surface area contributed by atoms with E-state index < -0.39 is 0 Å². The van der Waals surface area contributed by atoms with Gasteiger partial charge in [-0.25, -0.2) is 0 Å². The molecule has 0 heterocycles. The number of carbonyl (C=O) groups is 1. The lowest BCUT2D eigenvalue weighted by molar-refractivity contribution is -0.122. The Morgan fingerprint density at radius 1 is 1.35 bits per heavy atom. The van der Waals surface area contributed by atoms with E-state index in [0.717, 1.165) is 12.0 Å². The zero-order valence-electron chi connectivity index (χ0n) is 12.8. The maximum absolute atomic E-state index is 12.0. The summed E-state index contributed by atoms with van der Waals surface area (Å²) in [7, 11) is 1.68. The molecule has 1 aromatic carbocycles. The second kappa shape index (κ2) is 7.41. The molecule has 0 saturated carbocycles. The van der Waals surface area contributed by atoms with Crippen LogP contribution in [0.4, 0.5) is 0 Å². The van der Waals surface area contributed by atoms with Crippen molar-refractivity contribution in [3.05, 3.63) is 35.9 Å². The van der Waals surface area contributed by atoms with Crippen molar-refractivity contribution in [3.63, 3.8) is 0 Å². The van der Waals surface area contributed by atoms with Crippen LogP contribution in [0.3, 0.4) is 0 Å². The van der Waals surface area contributed by atoms with Gasteiger partial charge in [-0.1, -0.05) is 30.3 Å². The Hall–Kier alpha value is -1.39. The van der Waals surface area contributed by atoms with Gasteiger partial charge in [-0.2, -0.15) is 0 Å². The zero-order chi connectivity index (χ0) is 15.2. The number of amides is 1. The highest BCUT2D eigenvalue weighted by Gasteiger charge is 2.21. The molecule has 1 amide bonds. The lowest BCUT2D eigenvalue weighted by Gasteiger charge is -2.27. The number of methoxy groups -OCH3 is 1. The van der Waals surface area contributed by atoms with Crippen molar-refractivity contribution in [1.29, 1.82) is 0 Å². The molecule has 0 aliphatic rings. The predicted molar refractivity (Wildman–Crippen MR) is 81.3 cm³/mol. The van der Waals surface area contributed by atoms with Crippen molar-refractivity contribution in [2.45, 2.75) is 51.3 Å². The van der Waals surface area contributed by atoms with Crippen LogP contribution in [0.5, 0.6) is 0 Å². The number of rotatable bonds is 7. The molecule has 2 atom stereocenters. The second-order valence-electron chi connectivity index (χ2n) is 5.86. The van der Waals surface area contributed by atoms with E-state index >= 15 is 0 Å². The monoisotopic (exact) mass is 278 g/mol. The van der Waals surface area contributed by atoms with Crippen LogP contribution in [-0.4, -0.2) is 24.7 Å². The maximum atomic E-state index is 12.0. The maximum Gasteiger partial charge on any atom is 0.222 e. The van der Waals surface area contributed by atoms with Crippen LogP contribution < -0.4 is 11.1 Å². The van der Waals surface area contributed by atoms with Crippen molar-refractivity contribution in [1.82, 2.24) is 5.32 Å². The Balaban J connectivity index is 2.44. The summed E-state index contributed by atoms with van der Waals surface area (Å²) in [6.07, 6.45) is 1.05. The zero-order valence-corrected chi connectivity index (χ0v) is 12.8. The Morgan fingerprint density at radius 3 is 2.50 bits per heavy atom. The van der Waals surface area contributed by atoms with E-state index in [1.165, 1.54) is 0 Å². The molecule has 3 N–H and O–H groups in total. The second-order valence-corrected chi connectivity index (χ2v) is 5.86. The number of carbonyl (C=O) groups excluding carboxylic acids is 1. The minimum absolute atomic E-state index is 0.0271. The summed E-state index contributed by atoms with van der Waals surface area (Å²) in [6.45, 7) is 5.99. The van der Waals surface area contributed by atoms with Gasteiger partial charge in [0.2, 0.25) is 5.91 Å². The van der Waals surface area contributed by atoms with Crippen LogP contribution in [0.25, 0.3) is 0 Å². The van der Waals surface area contributed by atoms with Gasteiger partial charge in [0.15, 0.2) is 0 Å². The fourth-order valence-electron chi connectivity index (χ4n) is 2.22. The third-order valence-electron chi connectivity index (χ3n) is 3.39. The van der Waals surface area contributed by atoms with Crippen molar-refractivity contribution in [2.24, 2.45) is 5.73 Å². The van der Waals surface area contributed by atoms with Crippen molar-refractivity contribution < 1.29 is 9.53 Å². The van der Waals surface area contributed by atoms with E-state index in [1.807, 2.05) is 51.1 Å². The molecular formula is C16H26N2O2. The first-order valence-electron chi connectivity index (χ1n) is 6.99. The summed E-state index contributed by atoms with van der Waals surface area (Å²) < 4.78 is 5.36. The minimum Gasteiger partial charge on any atom is -0.379 e. The number of ether oxygens (including phenoxy) is 1. The van der Waals surface area contributed by atoms with Gasteiger partial charge in [0.05, 0.1) is 5.60 Å². The lowest BCUT2D eigenvalue weighted by Crippen LogP contribution is -2.39. The molecular weight excluding hydrogens is 252 g/mol. The molecule has 0 bridgehead atoms. The van der Waals surface area contributed by atoms with Crippen LogP contribution in [0.15, 0.2) is 30.3 Å². The summed E-state index contributed by atoms with van der Waals surface area (Å²) in [5.74, 6) is -0.0271. The number of hydrogen-bond acceptors (Lipinski definition) is 3. The fourth-order valence-corrected chi connectivity index (χ4v) is 2.22. The molecule has 20 heavy (non-hydrogen) atoms. The minimum atomic E-state index is -0.265. The van der Waals surface area contributed by atoms with E-state index in [-0.39, 0.29) is 23.6 Å². The van der Waals surface area contributed by atoms with Gasteiger partial charge in [-0.3, -0.25) is 4.79 Å². The van der Waals surface area contributed by atoms with Crippen molar-refractivity contribution in [2.75, 3.05) is 7.11 Å². The molecule has 0 fully saturated rings. The smallest absolute Gasteiger partial charge is 0.222 e. The standard InChI is InChI=1S/C16H26N2O2/c1-12(11-16(2,3)20-4)18-15(19)10-14(17)13-8-6-5-7-9-13/h5-9,12,14H,10-11,17H2,1-4H3,(H,18,19). The molecule has 4 nitrogen and oxygen atoms in total. The van der Waals surface area contributed by atoms with Crippen LogP contribution in [0.2, 0.25) is 0 Å². The number of nitrogens with one attached hydrogen (secondary N) is 1. The van der Waals surface area contributed by atoms with E-state index in [1.54, 1.807) is 7.11 Å². The fraction of sp³-hybridized carbons (Fsp3) is 0.562. The van der Waals surface area contributed by atoms with Gasteiger partial charge < -0.3 is 15.8 Å². The Bertz CT molecular complexity index is 418. The Kier molecular flexibility index (Phi) is 6.17. The van der Waals surface area contributed by atoms with Gasteiger partial charge in [0, 0.05) is 25.6 Å². The summed E-state index contributed by atoms with van der Waals surface area (Å²) in [5, 5.41) is 2.97. The average Bonchev–Trinajstić information content (AvgIpc) is 2.38. The van der Waals surface area contributed by atoms with E-state index in [0.29, 0.717) is 6.42 Å². The van der Waals surface area contributed by atoms with Crippen LogP contribution in [0, 0.1) is 0 Å². The molecule has 0 aromatic heterocycles. The van der Waals surface area contributed by atoms with Gasteiger partial charge in [0.25, 0.3) is 0 Å². The lowest BCUT2D eigenvalue weighted by atomic mass is 9.99. The van der Waals surface area contributed by atoms with Crippen LogP contribution in [-0.2, 0) is 9.53 Å². The summed E-state index contributed by atoms with van der Waals surface area (Å²) in [6, 6.07) is 9.46. The largest absolute Gasteiger partial charge is 0.379 e. The molecule has 2 unspecified atom stereocenters. The van der Waals surface area contributed by atoms with E-state index in [4.69, 9.17) is 10.5 Å². The molecule has 0 spiro atoms. The van der Waals surface area contributed by atoms with Crippen molar-refractivity contribution >= 4 is 5.91 Å². The van der Waals surface area contributed by atoms with Crippen LogP contribution in [0.1, 0.15) is 45.2 Å². The highest BCUT2D eigenvalue weighted by atomic mass is 16.5. The molecule has 4 heteroatoms. The molecule has 1 rings (SSSR count). The summed E-state index contributed by atoms with van der Waals surface area (Å²) in [5.41, 5.74) is 6.78. The van der Waals surface area contributed by atoms with E-state index in [2.05, 4.69) is 5.32 Å². The van der Waals surface area contributed by atoms with E-state index in [9.17, 15) is 4.79 Å². The number of hydrogen-bond donors (Lipinski definition) is 2. The van der Waals surface area contributed by atoms with Crippen LogP contribution >= 0.6 is 0 Å². The molecule has 0 aliphatic heterocycles. The first-order chi connectivity index (χ1) is 9.34. The van der Waals surface area contributed by atoms with Crippen molar-refractivity contribution in [3.8, 4) is 0 Å². The normalized spacial score (nSPS) is 14.7. The first kappa shape index (κ1) is 16.7. The van der Waals surface area contributed by atoms with Gasteiger partial charge in [-0.15, -0.1) is 0 Å². The third-order valence-corrected chi connectivity index (χ3v) is 3.39. The van der Waals surface area contributed by atoms with Gasteiger partial charge in [0.1, 0.15) is 0 Å². The average molecular weight is 278 g/mol. The summed E-state index contributed by atoms with van der Waals surface area (Å²) >= 11 is 0. The quantitative estimate of drug-likeness (QED) is 0.805. The molecule has 112 valence electrons. The van der Waals surface area contributed by atoms with Gasteiger partial charge in [-0.05, 0) is 32.8 Å². The number of nitrogens with two attached hydrogens (primary N) is 1. The highest BCUT2D eigenvalue weighted by molar-refractivity contribution is 5.77. The van der Waals surface area contributed by atoms with Gasteiger partial charge >= 0.3 is 0 Å². The first-order valence-corrected chi connectivity index (χ1v) is 6.99. The Morgan fingerprint density at radius 2 is 1.95 bits per heavy atom.